The molecule has 1 fully saturated rings. The Balaban J connectivity index is 1.42. The van der Waals surface area contributed by atoms with Gasteiger partial charge in [0.05, 0.1) is 18.8 Å². The molecule has 0 saturated carbocycles. The first-order valence-corrected chi connectivity index (χ1v) is 8.73. The molecule has 8 nitrogen and oxygen atoms in total. The summed E-state index contributed by atoms with van der Waals surface area (Å²) in [7, 11) is 0. The lowest BCUT2D eigenvalue weighted by molar-refractivity contribution is 0.0697. The van der Waals surface area contributed by atoms with Crippen molar-refractivity contribution in [2.45, 2.75) is 13.1 Å². The van der Waals surface area contributed by atoms with Crippen molar-refractivity contribution in [3.63, 3.8) is 0 Å². The van der Waals surface area contributed by atoms with Crippen LogP contribution in [0.2, 0.25) is 0 Å². The Morgan fingerprint density at radius 2 is 1.63 bits per heavy atom. The van der Waals surface area contributed by atoms with Gasteiger partial charge >= 0.3 is 12.0 Å². The maximum Gasteiger partial charge on any atom is 0.335 e. The normalized spacial score (nSPS) is 13.9. The maximum atomic E-state index is 11.9. The Morgan fingerprint density at radius 1 is 1.00 bits per heavy atom. The second-order valence-corrected chi connectivity index (χ2v) is 6.16. The Bertz CT molecular complexity index is 771. The molecule has 0 unspecified atom stereocenters. The van der Waals surface area contributed by atoms with E-state index in [1.54, 1.807) is 18.3 Å². The summed E-state index contributed by atoms with van der Waals surface area (Å²) in [5, 5.41) is 14.4. The number of carbonyl (C=O) groups excluding carboxylic acids is 1. The first-order chi connectivity index (χ1) is 13.1. The summed E-state index contributed by atoms with van der Waals surface area (Å²) in [6.45, 7) is 3.79. The Kier molecular flexibility index (Phi) is 6.22. The van der Waals surface area contributed by atoms with Crippen LogP contribution in [-0.2, 0) is 17.8 Å². The van der Waals surface area contributed by atoms with Crippen LogP contribution in [0.1, 0.15) is 21.5 Å². The molecule has 2 amide bonds. The topological polar surface area (TPSA) is 104 Å². The number of carbonyl (C=O) groups is 2. The molecule has 1 aromatic heterocycles. The van der Waals surface area contributed by atoms with Crippen molar-refractivity contribution < 1.29 is 19.4 Å². The van der Waals surface area contributed by atoms with Gasteiger partial charge in [0.25, 0.3) is 0 Å². The molecule has 8 heteroatoms. The highest BCUT2D eigenvalue weighted by molar-refractivity contribution is 5.87. The number of carboxylic acids is 1. The number of aromatic nitrogens is 1. The second-order valence-electron chi connectivity index (χ2n) is 6.16. The van der Waals surface area contributed by atoms with E-state index in [2.05, 4.69) is 20.5 Å². The summed E-state index contributed by atoms with van der Waals surface area (Å²) < 4.78 is 5.33. The van der Waals surface area contributed by atoms with Crippen LogP contribution in [0, 0.1) is 0 Å². The van der Waals surface area contributed by atoms with Crippen LogP contribution in [0.15, 0.2) is 42.6 Å². The molecule has 0 spiro atoms. The number of rotatable bonds is 6. The van der Waals surface area contributed by atoms with Gasteiger partial charge in [-0.05, 0) is 29.3 Å². The first-order valence-electron chi connectivity index (χ1n) is 8.73. The van der Waals surface area contributed by atoms with Crippen molar-refractivity contribution in [2.75, 3.05) is 31.2 Å². The highest BCUT2D eigenvalue weighted by atomic mass is 16.5. The lowest BCUT2D eigenvalue weighted by Crippen LogP contribution is -2.36. The number of anilines is 1. The predicted molar refractivity (Wildman–Crippen MR) is 99.7 cm³/mol. The van der Waals surface area contributed by atoms with Crippen LogP contribution in [0.5, 0.6) is 0 Å². The average molecular weight is 370 g/mol. The van der Waals surface area contributed by atoms with E-state index in [0.29, 0.717) is 26.3 Å². The Hall–Kier alpha value is -3.13. The number of ether oxygens (including phenoxy) is 1. The van der Waals surface area contributed by atoms with E-state index in [1.807, 2.05) is 12.1 Å². The van der Waals surface area contributed by atoms with Gasteiger partial charge in [0, 0.05) is 32.4 Å². The number of hydrogen-bond donors (Lipinski definition) is 3. The van der Waals surface area contributed by atoms with Gasteiger partial charge in [0.2, 0.25) is 0 Å². The summed E-state index contributed by atoms with van der Waals surface area (Å²) in [5.74, 6) is -0.0585. The molecular weight excluding hydrogens is 348 g/mol. The molecule has 0 bridgehead atoms. The number of nitrogens with one attached hydrogen (secondary N) is 2. The molecule has 0 radical (unpaired) electrons. The fraction of sp³-hybridized carbons (Fsp3) is 0.316. The molecule has 1 aliphatic heterocycles. The lowest BCUT2D eigenvalue weighted by Gasteiger charge is -2.27. The molecule has 3 N–H and O–H groups in total. The van der Waals surface area contributed by atoms with Crippen molar-refractivity contribution in [3.8, 4) is 0 Å². The van der Waals surface area contributed by atoms with E-state index >= 15 is 0 Å². The van der Waals surface area contributed by atoms with E-state index in [9.17, 15) is 9.59 Å². The third-order valence-corrected chi connectivity index (χ3v) is 4.25. The zero-order valence-electron chi connectivity index (χ0n) is 14.9. The van der Waals surface area contributed by atoms with Gasteiger partial charge in [-0.25, -0.2) is 14.6 Å². The molecule has 3 rings (SSSR count). The summed E-state index contributed by atoms with van der Waals surface area (Å²) in [4.78, 5) is 29.4. The van der Waals surface area contributed by atoms with Gasteiger partial charge in [0.1, 0.15) is 5.82 Å². The van der Waals surface area contributed by atoms with E-state index in [1.165, 1.54) is 12.1 Å². The van der Waals surface area contributed by atoms with Crippen molar-refractivity contribution in [3.05, 3.63) is 59.3 Å². The molecule has 1 saturated heterocycles. The zero-order valence-corrected chi connectivity index (χ0v) is 14.9. The van der Waals surface area contributed by atoms with E-state index in [0.717, 1.165) is 30.0 Å². The minimum absolute atomic E-state index is 0.219. The van der Waals surface area contributed by atoms with Gasteiger partial charge in [0.15, 0.2) is 0 Å². The monoisotopic (exact) mass is 370 g/mol. The average Bonchev–Trinajstić information content (AvgIpc) is 2.72. The van der Waals surface area contributed by atoms with Crippen molar-refractivity contribution >= 4 is 17.8 Å². The van der Waals surface area contributed by atoms with Gasteiger partial charge in [-0.15, -0.1) is 0 Å². The predicted octanol–water partition coefficient (Wildman–Crippen LogP) is 1.62. The van der Waals surface area contributed by atoms with E-state index in [-0.39, 0.29) is 11.6 Å². The lowest BCUT2D eigenvalue weighted by atomic mass is 10.1. The van der Waals surface area contributed by atoms with Gasteiger partial charge < -0.3 is 25.4 Å². The number of hydrogen-bond acceptors (Lipinski definition) is 5. The number of nitrogens with zero attached hydrogens (tertiary/aromatic N) is 2. The molecule has 0 aliphatic carbocycles. The zero-order chi connectivity index (χ0) is 19.1. The quantitative estimate of drug-likeness (QED) is 0.714. The summed E-state index contributed by atoms with van der Waals surface area (Å²) >= 11 is 0. The van der Waals surface area contributed by atoms with Gasteiger partial charge in [-0.2, -0.15) is 0 Å². The van der Waals surface area contributed by atoms with Crippen LogP contribution < -0.4 is 15.5 Å². The maximum absolute atomic E-state index is 11.9. The van der Waals surface area contributed by atoms with E-state index < -0.39 is 5.97 Å². The number of morpholine rings is 1. The standard InChI is InChI=1S/C19H22N4O4/c24-18(25)16-4-1-14(2-5-16)11-21-19(26)22-13-15-3-6-17(20-12-15)23-7-9-27-10-8-23/h1-6,12H,7-11,13H2,(H,24,25)(H2,21,22,26). The minimum Gasteiger partial charge on any atom is -0.478 e. The molecule has 1 aromatic carbocycles. The fourth-order valence-corrected chi connectivity index (χ4v) is 2.69. The number of urea groups is 1. The first kappa shape index (κ1) is 18.7. The van der Waals surface area contributed by atoms with Crippen LogP contribution >= 0.6 is 0 Å². The third-order valence-electron chi connectivity index (χ3n) is 4.25. The molecule has 2 aromatic rings. The van der Waals surface area contributed by atoms with Crippen molar-refractivity contribution in [2.24, 2.45) is 0 Å². The number of carboxylic acid groups (broad SMARTS) is 1. The Labute approximate surface area is 157 Å². The molecular formula is C19H22N4O4. The summed E-state index contributed by atoms with van der Waals surface area (Å²) in [6.07, 6.45) is 1.76. The fourth-order valence-electron chi connectivity index (χ4n) is 2.69. The van der Waals surface area contributed by atoms with Crippen LogP contribution in [0.4, 0.5) is 10.6 Å². The molecule has 27 heavy (non-hydrogen) atoms. The molecule has 2 heterocycles. The number of pyridine rings is 1. The largest absolute Gasteiger partial charge is 0.478 e. The summed E-state index contributed by atoms with van der Waals surface area (Å²) in [6, 6.07) is 9.98. The van der Waals surface area contributed by atoms with Crippen LogP contribution in [0.25, 0.3) is 0 Å². The SMILES string of the molecule is O=C(NCc1ccc(C(=O)O)cc1)NCc1ccc(N2CCOCC2)nc1. The second kappa shape index (κ2) is 9.00. The van der Waals surface area contributed by atoms with Gasteiger partial charge in [-0.3, -0.25) is 0 Å². The van der Waals surface area contributed by atoms with Crippen molar-refractivity contribution in [1.82, 2.24) is 15.6 Å². The molecule has 1 aliphatic rings. The molecule has 142 valence electrons. The number of aromatic carboxylic acids is 1. The number of benzene rings is 1. The number of amides is 2. The highest BCUT2D eigenvalue weighted by Gasteiger charge is 2.12. The Morgan fingerprint density at radius 3 is 2.22 bits per heavy atom. The third kappa shape index (κ3) is 5.42. The molecule has 0 atom stereocenters. The van der Waals surface area contributed by atoms with E-state index in [4.69, 9.17) is 9.84 Å². The highest BCUT2D eigenvalue weighted by Crippen LogP contribution is 2.13. The minimum atomic E-state index is -0.972. The summed E-state index contributed by atoms with van der Waals surface area (Å²) in [5.41, 5.74) is 1.95. The smallest absolute Gasteiger partial charge is 0.335 e. The van der Waals surface area contributed by atoms with Gasteiger partial charge in [-0.1, -0.05) is 18.2 Å². The van der Waals surface area contributed by atoms with Crippen LogP contribution in [-0.4, -0.2) is 48.4 Å². The van der Waals surface area contributed by atoms with Crippen molar-refractivity contribution in [1.29, 1.82) is 0 Å². The van der Waals surface area contributed by atoms with Crippen LogP contribution in [0.3, 0.4) is 0 Å².